The third-order valence-corrected chi connectivity index (χ3v) is 3.73. The van der Waals surface area contributed by atoms with Crippen LogP contribution in [0, 0.1) is 0 Å². The van der Waals surface area contributed by atoms with E-state index in [0.29, 0.717) is 32.3 Å². The fraction of sp³-hybridized carbons (Fsp3) is 0.500. The summed E-state index contributed by atoms with van der Waals surface area (Å²) < 4.78 is 10.7. The van der Waals surface area contributed by atoms with Gasteiger partial charge in [0, 0.05) is 38.4 Å². The highest BCUT2D eigenvalue weighted by molar-refractivity contribution is 6.02. The van der Waals surface area contributed by atoms with Gasteiger partial charge in [-0.15, -0.1) is 0 Å². The van der Waals surface area contributed by atoms with Crippen LogP contribution in [0.4, 0.5) is 10.5 Å². The average Bonchev–Trinajstić information content (AvgIpc) is 2.98. The molecule has 3 amide bonds. The van der Waals surface area contributed by atoms with Crippen LogP contribution in [0.25, 0.3) is 0 Å². The van der Waals surface area contributed by atoms with E-state index in [2.05, 4.69) is 20.9 Å². The number of guanidine groups is 1. The van der Waals surface area contributed by atoms with Gasteiger partial charge in [-0.3, -0.25) is 14.7 Å². The van der Waals surface area contributed by atoms with Crippen molar-refractivity contribution < 1.29 is 19.1 Å². The normalized spacial score (nSPS) is 14.3. The Bertz CT molecular complexity index is 649. The molecule has 0 atom stereocenters. The molecule has 1 saturated heterocycles. The highest BCUT2D eigenvalue weighted by Gasteiger charge is 2.27. The quantitative estimate of drug-likeness (QED) is 0.244. The van der Waals surface area contributed by atoms with Crippen LogP contribution in [0.5, 0.6) is 5.75 Å². The van der Waals surface area contributed by atoms with Crippen LogP contribution in [0.3, 0.4) is 0 Å². The lowest BCUT2D eigenvalue weighted by Crippen LogP contribution is -2.35. The molecule has 0 saturated carbocycles. The maximum absolute atomic E-state index is 11.6. The Hall–Kier alpha value is -2.81. The Labute approximate surface area is 159 Å². The number of aliphatic imine (C=N–C) groups is 1. The van der Waals surface area contributed by atoms with Crippen molar-refractivity contribution in [2.45, 2.75) is 13.3 Å². The second-order valence-electron chi connectivity index (χ2n) is 5.81. The van der Waals surface area contributed by atoms with Crippen molar-refractivity contribution >= 4 is 23.6 Å². The number of urea groups is 1. The van der Waals surface area contributed by atoms with Crippen molar-refractivity contribution in [1.29, 1.82) is 0 Å². The molecule has 9 nitrogen and oxygen atoms in total. The van der Waals surface area contributed by atoms with Crippen molar-refractivity contribution in [3.63, 3.8) is 0 Å². The van der Waals surface area contributed by atoms with E-state index >= 15 is 0 Å². The highest BCUT2D eigenvalue weighted by Crippen LogP contribution is 2.17. The van der Waals surface area contributed by atoms with Crippen LogP contribution < -0.4 is 20.7 Å². The minimum Gasteiger partial charge on any atom is -0.493 e. The molecule has 0 aliphatic carbocycles. The molecule has 2 rings (SSSR count). The van der Waals surface area contributed by atoms with Crippen molar-refractivity contribution in [3.8, 4) is 5.75 Å². The lowest BCUT2D eigenvalue weighted by molar-refractivity contribution is -0.124. The number of carbonyl (C=O) groups excluding carboxylic acids is 2. The number of hydrogen-bond donors (Lipinski definition) is 3. The number of hydrogen-bond acceptors (Lipinski definition) is 5. The van der Waals surface area contributed by atoms with E-state index in [1.54, 1.807) is 7.11 Å². The smallest absolute Gasteiger partial charge is 0.324 e. The Morgan fingerprint density at radius 1 is 1.33 bits per heavy atom. The Balaban J connectivity index is 1.90. The number of rotatable bonds is 10. The molecule has 1 aliphatic rings. The number of anilines is 1. The predicted molar refractivity (Wildman–Crippen MR) is 103 cm³/mol. The van der Waals surface area contributed by atoms with E-state index in [4.69, 9.17) is 9.47 Å². The summed E-state index contributed by atoms with van der Waals surface area (Å²) in [6.07, 6.45) is 0.820. The summed E-state index contributed by atoms with van der Waals surface area (Å²) in [4.78, 5) is 28.7. The molecule has 1 aliphatic heterocycles. The number of benzene rings is 1. The first-order valence-corrected chi connectivity index (χ1v) is 8.99. The molecular formula is C18H27N5O4. The number of nitrogens with zero attached hydrogens (tertiary/aromatic N) is 2. The lowest BCUT2D eigenvalue weighted by atomic mass is 10.3. The van der Waals surface area contributed by atoms with E-state index in [0.717, 1.165) is 17.9 Å². The molecule has 1 heterocycles. The summed E-state index contributed by atoms with van der Waals surface area (Å²) in [7, 11) is 1.66. The number of amides is 3. The van der Waals surface area contributed by atoms with Gasteiger partial charge in [0.05, 0.1) is 26.2 Å². The van der Waals surface area contributed by atoms with Crippen LogP contribution in [0.1, 0.15) is 13.3 Å². The second-order valence-corrected chi connectivity index (χ2v) is 5.81. The zero-order valence-corrected chi connectivity index (χ0v) is 15.8. The summed E-state index contributed by atoms with van der Waals surface area (Å²) in [6, 6.07) is 7.21. The van der Waals surface area contributed by atoms with Crippen LogP contribution >= 0.6 is 0 Å². The Morgan fingerprint density at radius 3 is 2.89 bits per heavy atom. The van der Waals surface area contributed by atoms with E-state index in [1.165, 1.54) is 4.90 Å². The molecule has 1 aromatic carbocycles. The fourth-order valence-electron chi connectivity index (χ4n) is 2.44. The van der Waals surface area contributed by atoms with Gasteiger partial charge < -0.3 is 25.4 Å². The topological polar surface area (TPSA) is 104 Å². The predicted octanol–water partition coefficient (Wildman–Crippen LogP) is 1.03. The monoisotopic (exact) mass is 377 g/mol. The maximum atomic E-state index is 11.6. The molecule has 0 bridgehead atoms. The number of carbonyl (C=O) groups is 2. The number of ether oxygens (including phenoxy) is 2. The standard InChI is InChI=1S/C18H27N5O4/c1-3-19-17(20-8-9-23-16(24)13-21-18(23)25)22-14-6-4-7-15(12-14)27-11-5-10-26-2/h4,6-7,12H,3,5,8-11,13H2,1-2H3,(H,21,25)(H2,19,20,22). The molecule has 0 spiro atoms. The van der Waals surface area contributed by atoms with Gasteiger partial charge in [0.1, 0.15) is 5.75 Å². The molecule has 27 heavy (non-hydrogen) atoms. The van der Waals surface area contributed by atoms with Gasteiger partial charge in [0.25, 0.3) is 0 Å². The zero-order valence-electron chi connectivity index (χ0n) is 15.8. The van der Waals surface area contributed by atoms with Crippen LogP contribution in [-0.2, 0) is 9.53 Å². The summed E-state index contributed by atoms with van der Waals surface area (Å²) in [5, 5.41) is 8.83. The van der Waals surface area contributed by atoms with Crippen LogP contribution in [0.2, 0.25) is 0 Å². The van der Waals surface area contributed by atoms with Gasteiger partial charge >= 0.3 is 6.03 Å². The summed E-state index contributed by atoms with van der Waals surface area (Å²) >= 11 is 0. The van der Waals surface area contributed by atoms with E-state index in [9.17, 15) is 9.59 Å². The van der Waals surface area contributed by atoms with Gasteiger partial charge in [-0.05, 0) is 19.1 Å². The molecule has 1 fully saturated rings. The van der Waals surface area contributed by atoms with Gasteiger partial charge in [0.15, 0.2) is 5.96 Å². The number of nitrogens with one attached hydrogen (secondary N) is 3. The highest BCUT2D eigenvalue weighted by atomic mass is 16.5. The van der Waals surface area contributed by atoms with Gasteiger partial charge in [-0.2, -0.15) is 0 Å². The van der Waals surface area contributed by atoms with Crippen LogP contribution in [0.15, 0.2) is 29.3 Å². The average molecular weight is 377 g/mol. The summed E-state index contributed by atoms with van der Waals surface area (Å²) in [6.45, 7) is 4.49. The lowest BCUT2D eigenvalue weighted by Gasteiger charge is -2.14. The molecular weight excluding hydrogens is 350 g/mol. The SMILES string of the molecule is CCNC(=NCCN1C(=O)CNC1=O)Nc1cccc(OCCCOC)c1. The van der Waals surface area contributed by atoms with E-state index in [-0.39, 0.29) is 25.0 Å². The molecule has 0 aromatic heterocycles. The fourth-order valence-corrected chi connectivity index (χ4v) is 2.44. The third kappa shape index (κ3) is 6.78. The number of methoxy groups -OCH3 is 1. The molecule has 1 aromatic rings. The molecule has 148 valence electrons. The first-order valence-electron chi connectivity index (χ1n) is 8.99. The van der Waals surface area contributed by atoms with Crippen LogP contribution in [-0.4, -0.2) is 69.3 Å². The zero-order chi connectivity index (χ0) is 19.5. The van der Waals surface area contributed by atoms with Gasteiger partial charge in [-0.25, -0.2) is 4.79 Å². The maximum Gasteiger partial charge on any atom is 0.324 e. The minimum atomic E-state index is -0.369. The van der Waals surface area contributed by atoms with Gasteiger partial charge in [-0.1, -0.05) is 6.07 Å². The summed E-state index contributed by atoms with van der Waals surface area (Å²) in [5.74, 6) is 1.10. The van der Waals surface area contributed by atoms with E-state index in [1.807, 2.05) is 31.2 Å². The Morgan fingerprint density at radius 2 is 2.19 bits per heavy atom. The molecule has 3 N–H and O–H groups in total. The van der Waals surface area contributed by atoms with E-state index < -0.39 is 0 Å². The Kier molecular flexibility index (Phi) is 8.37. The summed E-state index contributed by atoms with van der Waals surface area (Å²) in [5.41, 5.74) is 0.828. The largest absolute Gasteiger partial charge is 0.493 e. The van der Waals surface area contributed by atoms with Crippen molar-refractivity contribution in [1.82, 2.24) is 15.5 Å². The van der Waals surface area contributed by atoms with Crippen molar-refractivity contribution in [2.24, 2.45) is 4.99 Å². The second kappa shape index (κ2) is 11.0. The molecule has 0 unspecified atom stereocenters. The van der Waals surface area contributed by atoms with Gasteiger partial charge in [0.2, 0.25) is 5.91 Å². The molecule has 0 radical (unpaired) electrons. The van der Waals surface area contributed by atoms with Crippen molar-refractivity contribution in [2.75, 3.05) is 51.8 Å². The first kappa shape index (κ1) is 20.5. The van der Waals surface area contributed by atoms with Crippen molar-refractivity contribution in [3.05, 3.63) is 24.3 Å². The molecule has 9 heteroatoms. The third-order valence-electron chi connectivity index (χ3n) is 3.73. The first-order chi connectivity index (χ1) is 13.1. The number of imide groups is 1. The minimum absolute atomic E-state index is 0.0536.